The van der Waals surface area contributed by atoms with Gasteiger partial charge in [-0.2, -0.15) is 0 Å². The van der Waals surface area contributed by atoms with Crippen LogP contribution in [0.5, 0.6) is 0 Å². The van der Waals surface area contributed by atoms with Gasteiger partial charge < -0.3 is 0 Å². The molecule has 0 unspecified atom stereocenters. The highest BCUT2D eigenvalue weighted by molar-refractivity contribution is 9.10. The van der Waals surface area contributed by atoms with E-state index in [4.69, 9.17) is 9.97 Å². The Balaban J connectivity index is 1.59. The Morgan fingerprint density at radius 2 is 0.811 bits per heavy atom. The predicted octanol–water partition coefficient (Wildman–Crippen LogP) is 9.57. The van der Waals surface area contributed by atoms with Crippen LogP contribution in [0.3, 0.4) is 0 Å². The summed E-state index contributed by atoms with van der Waals surface area (Å²) in [5.41, 5.74) is 9.52. The molecule has 0 N–H and O–H groups in total. The number of aromatic nitrogens is 2. The molecule has 5 aromatic carbocycles. The van der Waals surface area contributed by atoms with E-state index in [1.54, 1.807) is 0 Å². The number of hydrogen-bond donors (Lipinski definition) is 0. The molecule has 0 atom stereocenters. The second kappa shape index (κ2) is 10.3. The van der Waals surface area contributed by atoms with E-state index in [0.29, 0.717) is 5.82 Å². The number of rotatable bonds is 5. The topological polar surface area (TPSA) is 25.8 Å². The molecule has 0 aliphatic carbocycles. The van der Waals surface area contributed by atoms with Crippen molar-refractivity contribution in [2.24, 2.45) is 0 Å². The van der Waals surface area contributed by atoms with E-state index in [1.165, 1.54) is 11.1 Å². The van der Waals surface area contributed by atoms with Gasteiger partial charge in [-0.25, -0.2) is 9.97 Å². The Bertz CT molecular complexity index is 1610. The highest BCUT2D eigenvalue weighted by atomic mass is 79.9. The predicted molar refractivity (Wildman–Crippen MR) is 157 cm³/mol. The second-order valence-corrected chi connectivity index (χ2v) is 9.79. The van der Waals surface area contributed by atoms with E-state index in [0.717, 1.165) is 43.7 Å². The van der Waals surface area contributed by atoms with Gasteiger partial charge >= 0.3 is 0 Å². The largest absolute Gasteiger partial charge is 0.228 e. The number of benzene rings is 5. The molecule has 0 bridgehead atoms. The van der Waals surface area contributed by atoms with E-state index in [9.17, 15) is 0 Å². The summed E-state index contributed by atoms with van der Waals surface area (Å²) in [6.07, 6.45) is 0. The summed E-state index contributed by atoms with van der Waals surface area (Å²) < 4.78 is 0.998. The third kappa shape index (κ3) is 5.13. The van der Waals surface area contributed by atoms with Gasteiger partial charge in [-0.3, -0.25) is 0 Å². The Labute approximate surface area is 225 Å². The maximum absolute atomic E-state index is 5.08. The van der Waals surface area contributed by atoms with E-state index in [1.807, 2.05) is 42.5 Å². The van der Waals surface area contributed by atoms with Gasteiger partial charge in [-0.05, 0) is 58.7 Å². The molecule has 0 amide bonds. The fourth-order valence-corrected chi connectivity index (χ4v) is 4.88. The summed E-state index contributed by atoms with van der Waals surface area (Å²) >= 11 is 3.60. The Morgan fingerprint density at radius 3 is 1.35 bits per heavy atom. The van der Waals surface area contributed by atoms with Crippen LogP contribution in [0.15, 0.2) is 144 Å². The second-order valence-electron chi connectivity index (χ2n) is 8.87. The van der Waals surface area contributed by atoms with Crippen LogP contribution in [0.2, 0.25) is 0 Å². The summed E-state index contributed by atoms with van der Waals surface area (Å²) in [5, 5.41) is 0. The summed E-state index contributed by atoms with van der Waals surface area (Å²) in [4.78, 5) is 10.0. The van der Waals surface area contributed by atoms with Crippen molar-refractivity contribution in [1.82, 2.24) is 9.97 Å². The average Bonchev–Trinajstić information content (AvgIpc) is 2.98. The molecule has 2 nitrogen and oxygen atoms in total. The normalized spacial score (nSPS) is 10.8. The first-order valence-electron chi connectivity index (χ1n) is 12.2. The minimum atomic E-state index is 0.698. The van der Waals surface area contributed by atoms with Gasteiger partial charge in [0.25, 0.3) is 0 Å². The number of hydrogen-bond acceptors (Lipinski definition) is 2. The maximum atomic E-state index is 5.08. The summed E-state index contributed by atoms with van der Waals surface area (Å²) in [5.74, 6) is 0.698. The molecule has 37 heavy (non-hydrogen) atoms. The van der Waals surface area contributed by atoms with Crippen molar-refractivity contribution in [2.75, 3.05) is 0 Å². The van der Waals surface area contributed by atoms with Gasteiger partial charge in [0.1, 0.15) is 0 Å². The smallest absolute Gasteiger partial charge is 0.160 e. The first kappa shape index (κ1) is 23.1. The lowest BCUT2D eigenvalue weighted by Gasteiger charge is -2.13. The zero-order valence-electron chi connectivity index (χ0n) is 20.1. The Kier molecular flexibility index (Phi) is 6.45. The molecule has 1 heterocycles. The van der Waals surface area contributed by atoms with Crippen LogP contribution < -0.4 is 0 Å². The summed E-state index contributed by atoms with van der Waals surface area (Å²) in [6, 6.07) is 48.2. The van der Waals surface area contributed by atoms with E-state index < -0.39 is 0 Å². The zero-order chi connectivity index (χ0) is 25.0. The quantitative estimate of drug-likeness (QED) is 0.218. The van der Waals surface area contributed by atoms with E-state index >= 15 is 0 Å². The lowest BCUT2D eigenvalue weighted by atomic mass is 9.94. The maximum Gasteiger partial charge on any atom is 0.160 e. The van der Waals surface area contributed by atoms with Gasteiger partial charge in [-0.15, -0.1) is 0 Å². The van der Waals surface area contributed by atoms with Gasteiger partial charge in [0.2, 0.25) is 0 Å². The monoisotopic (exact) mass is 538 g/mol. The van der Waals surface area contributed by atoms with Gasteiger partial charge in [0, 0.05) is 21.2 Å². The highest BCUT2D eigenvalue weighted by Gasteiger charge is 2.13. The lowest BCUT2D eigenvalue weighted by Crippen LogP contribution is -1.96. The fraction of sp³-hybridized carbons (Fsp3) is 0. The van der Waals surface area contributed by atoms with Crippen molar-refractivity contribution in [3.05, 3.63) is 144 Å². The molecule has 0 spiro atoms. The first-order chi connectivity index (χ1) is 18.2. The van der Waals surface area contributed by atoms with Crippen molar-refractivity contribution in [3.63, 3.8) is 0 Å². The molecule has 0 saturated heterocycles. The van der Waals surface area contributed by atoms with Crippen LogP contribution in [0.4, 0.5) is 0 Å². The van der Waals surface area contributed by atoms with Crippen LogP contribution in [0, 0.1) is 0 Å². The molecule has 6 aromatic rings. The van der Waals surface area contributed by atoms with Crippen molar-refractivity contribution >= 4 is 15.9 Å². The van der Waals surface area contributed by atoms with Crippen molar-refractivity contribution in [3.8, 4) is 56.2 Å². The van der Waals surface area contributed by atoms with Crippen LogP contribution in [0.1, 0.15) is 0 Å². The van der Waals surface area contributed by atoms with E-state index in [-0.39, 0.29) is 0 Å². The van der Waals surface area contributed by atoms with Crippen LogP contribution >= 0.6 is 15.9 Å². The molecule has 3 heteroatoms. The zero-order valence-corrected chi connectivity index (χ0v) is 21.6. The number of halogens is 1. The third-order valence-corrected chi connectivity index (χ3v) is 6.81. The Hall–Kier alpha value is -4.34. The minimum Gasteiger partial charge on any atom is -0.228 e. The molecular formula is C34H23BrN2. The van der Waals surface area contributed by atoms with Crippen molar-refractivity contribution < 1.29 is 0 Å². The molecular weight excluding hydrogens is 516 g/mol. The minimum absolute atomic E-state index is 0.698. The molecule has 0 radical (unpaired) electrons. The first-order valence-corrected chi connectivity index (χ1v) is 13.0. The SMILES string of the molecule is Brc1cccc(-c2nc(-c3ccccc3)cc(-c3cc(-c4ccccc4)cc(-c4ccccc4)c3)n2)c1. The molecule has 6 rings (SSSR count). The van der Waals surface area contributed by atoms with Gasteiger partial charge in [-0.1, -0.05) is 119 Å². The molecule has 0 aliphatic rings. The highest BCUT2D eigenvalue weighted by Crippen LogP contribution is 2.34. The average molecular weight is 539 g/mol. The van der Waals surface area contributed by atoms with Gasteiger partial charge in [0.15, 0.2) is 5.82 Å². The number of nitrogens with zero attached hydrogens (tertiary/aromatic N) is 2. The third-order valence-electron chi connectivity index (χ3n) is 6.32. The lowest BCUT2D eigenvalue weighted by molar-refractivity contribution is 1.18. The standard InChI is InChI=1S/C34H23BrN2/c35-31-18-10-17-27(22-31)34-36-32(26-15-8-3-9-16-26)23-33(37-34)30-20-28(24-11-4-1-5-12-24)19-29(21-30)25-13-6-2-7-14-25/h1-23H. The van der Waals surface area contributed by atoms with Crippen molar-refractivity contribution in [1.29, 1.82) is 0 Å². The molecule has 0 saturated carbocycles. The van der Waals surface area contributed by atoms with Crippen molar-refractivity contribution in [2.45, 2.75) is 0 Å². The molecule has 176 valence electrons. The summed E-state index contributed by atoms with van der Waals surface area (Å²) in [6.45, 7) is 0. The molecule has 0 fully saturated rings. The van der Waals surface area contributed by atoms with Gasteiger partial charge in [0.05, 0.1) is 11.4 Å². The molecule has 0 aliphatic heterocycles. The van der Waals surface area contributed by atoms with Crippen LogP contribution in [0.25, 0.3) is 56.2 Å². The Morgan fingerprint density at radius 1 is 0.351 bits per heavy atom. The molecule has 1 aromatic heterocycles. The summed E-state index contributed by atoms with van der Waals surface area (Å²) in [7, 11) is 0. The van der Waals surface area contributed by atoms with Crippen LogP contribution in [-0.2, 0) is 0 Å². The fourth-order valence-electron chi connectivity index (χ4n) is 4.48. The van der Waals surface area contributed by atoms with Crippen LogP contribution in [-0.4, -0.2) is 9.97 Å². The van der Waals surface area contributed by atoms with E-state index in [2.05, 4.69) is 113 Å².